The predicted octanol–water partition coefficient (Wildman–Crippen LogP) is 2.33. The average molecular weight is 275 g/mol. The van der Waals surface area contributed by atoms with Crippen LogP contribution in [-0.4, -0.2) is 35.0 Å². The van der Waals surface area contributed by atoms with Crippen molar-refractivity contribution in [3.8, 4) is 0 Å². The first-order valence-electron chi connectivity index (χ1n) is 7.10. The maximum absolute atomic E-state index is 12.1. The number of nitrogens with zero attached hydrogens (tertiary/aromatic N) is 1. The third-order valence-corrected chi connectivity index (χ3v) is 3.88. The van der Waals surface area contributed by atoms with Gasteiger partial charge in [0.05, 0.1) is 0 Å². The largest absolute Gasteiger partial charge is 0.480 e. The molecule has 1 saturated carbocycles. The fraction of sp³-hybridized carbons (Fsp3) is 0.500. The summed E-state index contributed by atoms with van der Waals surface area (Å²) in [7, 11) is 1.59. The number of benzene rings is 1. The van der Waals surface area contributed by atoms with Gasteiger partial charge < -0.3 is 10.0 Å². The second-order valence-electron chi connectivity index (χ2n) is 5.53. The summed E-state index contributed by atoms with van der Waals surface area (Å²) in [5, 5.41) is 9.35. The Bertz CT molecular complexity index is 468. The Morgan fingerprint density at radius 1 is 1.30 bits per heavy atom. The van der Waals surface area contributed by atoms with Crippen molar-refractivity contribution in [1.82, 2.24) is 4.90 Å². The summed E-state index contributed by atoms with van der Waals surface area (Å²) in [5.41, 5.74) is 0.932. The zero-order valence-electron chi connectivity index (χ0n) is 11.8. The predicted molar refractivity (Wildman–Crippen MR) is 76.3 cm³/mol. The highest BCUT2D eigenvalue weighted by Crippen LogP contribution is 2.33. The number of hydrogen-bond donors (Lipinski definition) is 1. The minimum absolute atomic E-state index is 0.0692. The Balaban J connectivity index is 1.95. The summed E-state index contributed by atoms with van der Waals surface area (Å²) in [6, 6.07) is 8.64. The van der Waals surface area contributed by atoms with Crippen LogP contribution >= 0.6 is 0 Å². The van der Waals surface area contributed by atoms with Gasteiger partial charge in [0, 0.05) is 19.9 Å². The van der Waals surface area contributed by atoms with Gasteiger partial charge in [-0.2, -0.15) is 0 Å². The molecule has 1 aliphatic rings. The summed E-state index contributed by atoms with van der Waals surface area (Å²) in [6.07, 6.45) is 4.12. The van der Waals surface area contributed by atoms with E-state index in [2.05, 4.69) is 0 Å². The molecule has 0 aliphatic heterocycles. The van der Waals surface area contributed by atoms with Crippen LogP contribution in [0.2, 0.25) is 0 Å². The summed E-state index contributed by atoms with van der Waals surface area (Å²) in [5.74, 6) is -0.332. The molecule has 1 N–H and O–H groups in total. The number of rotatable bonds is 7. The number of carboxylic acids is 1. The highest BCUT2D eigenvalue weighted by Gasteiger charge is 2.28. The van der Waals surface area contributed by atoms with Crippen LogP contribution < -0.4 is 0 Å². The number of hydrogen-bond acceptors (Lipinski definition) is 2. The third kappa shape index (κ3) is 4.08. The molecule has 1 fully saturated rings. The lowest BCUT2D eigenvalue weighted by Gasteiger charge is -2.25. The number of carboxylic acid groups (broad SMARTS) is 1. The molecule has 2 rings (SSSR count). The SMILES string of the molecule is CN(C(=O)CCC1CC1)C(Cc1ccccc1)C(=O)O. The quantitative estimate of drug-likeness (QED) is 0.831. The fourth-order valence-corrected chi connectivity index (χ4v) is 2.31. The molecule has 108 valence electrons. The molecule has 0 saturated heterocycles. The van der Waals surface area contributed by atoms with E-state index >= 15 is 0 Å². The smallest absolute Gasteiger partial charge is 0.326 e. The van der Waals surface area contributed by atoms with Gasteiger partial charge >= 0.3 is 5.97 Å². The molecule has 1 unspecified atom stereocenters. The molecule has 1 aromatic carbocycles. The molecule has 0 aromatic heterocycles. The van der Waals surface area contributed by atoms with Crippen molar-refractivity contribution >= 4 is 11.9 Å². The maximum atomic E-state index is 12.1. The van der Waals surface area contributed by atoms with Crippen molar-refractivity contribution in [2.75, 3.05) is 7.05 Å². The van der Waals surface area contributed by atoms with E-state index in [1.54, 1.807) is 7.05 Å². The highest BCUT2D eigenvalue weighted by molar-refractivity contribution is 5.83. The van der Waals surface area contributed by atoms with Crippen LogP contribution in [0.3, 0.4) is 0 Å². The van der Waals surface area contributed by atoms with E-state index in [-0.39, 0.29) is 5.91 Å². The molecule has 0 heterocycles. The fourth-order valence-electron chi connectivity index (χ4n) is 2.31. The topological polar surface area (TPSA) is 57.6 Å². The van der Waals surface area contributed by atoms with Gasteiger partial charge in [-0.1, -0.05) is 43.2 Å². The van der Waals surface area contributed by atoms with E-state index in [1.165, 1.54) is 17.7 Å². The van der Waals surface area contributed by atoms with Crippen molar-refractivity contribution in [3.05, 3.63) is 35.9 Å². The molecule has 0 spiro atoms. The molecule has 1 aromatic rings. The van der Waals surface area contributed by atoms with Crippen LogP contribution in [-0.2, 0) is 16.0 Å². The molecular weight excluding hydrogens is 254 g/mol. The molecule has 1 amide bonds. The standard InChI is InChI=1S/C16H21NO3/c1-17(15(18)10-9-12-7-8-12)14(16(19)20)11-13-5-3-2-4-6-13/h2-6,12,14H,7-11H2,1H3,(H,19,20). The van der Waals surface area contributed by atoms with Crippen molar-refractivity contribution in [2.45, 2.75) is 38.1 Å². The Kier molecular flexibility index (Phi) is 4.77. The number of amides is 1. The van der Waals surface area contributed by atoms with Crippen molar-refractivity contribution in [1.29, 1.82) is 0 Å². The van der Waals surface area contributed by atoms with Gasteiger partial charge in [0.2, 0.25) is 5.91 Å². The van der Waals surface area contributed by atoms with E-state index in [1.807, 2.05) is 30.3 Å². The minimum Gasteiger partial charge on any atom is -0.480 e. The van der Waals surface area contributed by atoms with Gasteiger partial charge in [0.15, 0.2) is 0 Å². The van der Waals surface area contributed by atoms with Crippen molar-refractivity contribution < 1.29 is 14.7 Å². The summed E-state index contributed by atoms with van der Waals surface area (Å²) in [4.78, 5) is 24.9. The summed E-state index contributed by atoms with van der Waals surface area (Å²) < 4.78 is 0. The van der Waals surface area contributed by atoms with Gasteiger partial charge in [0.1, 0.15) is 6.04 Å². The third-order valence-electron chi connectivity index (χ3n) is 3.88. The number of carbonyl (C=O) groups excluding carboxylic acids is 1. The van der Waals surface area contributed by atoms with Gasteiger partial charge in [-0.05, 0) is 17.9 Å². The first kappa shape index (κ1) is 14.6. The summed E-state index contributed by atoms with van der Waals surface area (Å²) >= 11 is 0. The summed E-state index contributed by atoms with van der Waals surface area (Å²) in [6.45, 7) is 0. The lowest BCUT2D eigenvalue weighted by atomic mass is 10.0. The van der Waals surface area contributed by atoms with Crippen molar-refractivity contribution in [2.24, 2.45) is 5.92 Å². The first-order valence-corrected chi connectivity index (χ1v) is 7.10. The Morgan fingerprint density at radius 2 is 1.95 bits per heavy atom. The zero-order valence-corrected chi connectivity index (χ0v) is 11.8. The van der Waals surface area contributed by atoms with Crippen LogP contribution in [0.5, 0.6) is 0 Å². The maximum Gasteiger partial charge on any atom is 0.326 e. The number of aliphatic carboxylic acids is 1. The van der Waals surface area contributed by atoms with Gasteiger partial charge in [0.25, 0.3) is 0 Å². The zero-order chi connectivity index (χ0) is 14.5. The lowest BCUT2D eigenvalue weighted by Crippen LogP contribution is -2.43. The van der Waals surface area contributed by atoms with Gasteiger partial charge in [-0.25, -0.2) is 4.79 Å². The average Bonchev–Trinajstić information content (AvgIpc) is 3.26. The molecule has 4 nitrogen and oxygen atoms in total. The van der Waals surface area contributed by atoms with E-state index < -0.39 is 12.0 Å². The normalized spacial score (nSPS) is 15.7. The Labute approximate surface area is 119 Å². The van der Waals surface area contributed by atoms with E-state index in [0.717, 1.165) is 12.0 Å². The Morgan fingerprint density at radius 3 is 2.50 bits per heavy atom. The van der Waals surface area contributed by atoms with Crippen LogP contribution in [0.25, 0.3) is 0 Å². The van der Waals surface area contributed by atoms with Crippen LogP contribution in [0, 0.1) is 5.92 Å². The van der Waals surface area contributed by atoms with Crippen LogP contribution in [0.15, 0.2) is 30.3 Å². The minimum atomic E-state index is -0.948. The molecule has 1 aliphatic carbocycles. The molecular formula is C16H21NO3. The number of likely N-dealkylation sites (N-methyl/N-ethyl adjacent to an activating group) is 1. The second-order valence-corrected chi connectivity index (χ2v) is 5.53. The monoisotopic (exact) mass is 275 g/mol. The Hall–Kier alpha value is -1.84. The molecule has 0 bridgehead atoms. The molecule has 0 radical (unpaired) electrons. The van der Waals surface area contributed by atoms with Crippen LogP contribution in [0.1, 0.15) is 31.2 Å². The van der Waals surface area contributed by atoms with E-state index in [0.29, 0.717) is 18.8 Å². The molecule has 4 heteroatoms. The van der Waals surface area contributed by atoms with Gasteiger partial charge in [-0.15, -0.1) is 0 Å². The number of carbonyl (C=O) groups is 2. The second kappa shape index (κ2) is 6.55. The van der Waals surface area contributed by atoms with E-state index in [4.69, 9.17) is 0 Å². The van der Waals surface area contributed by atoms with Crippen molar-refractivity contribution in [3.63, 3.8) is 0 Å². The van der Waals surface area contributed by atoms with Gasteiger partial charge in [-0.3, -0.25) is 4.79 Å². The first-order chi connectivity index (χ1) is 9.58. The molecule has 1 atom stereocenters. The highest BCUT2D eigenvalue weighted by atomic mass is 16.4. The lowest BCUT2D eigenvalue weighted by molar-refractivity contribution is -0.149. The van der Waals surface area contributed by atoms with Crippen LogP contribution in [0.4, 0.5) is 0 Å². The van der Waals surface area contributed by atoms with E-state index in [9.17, 15) is 14.7 Å². The molecule has 20 heavy (non-hydrogen) atoms.